The van der Waals surface area contributed by atoms with Crippen molar-refractivity contribution in [1.82, 2.24) is 5.32 Å². The lowest BCUT2D eigenvalue weighted by Gasteiger charge is -2.20. The zero-order valence-electron chi connectivity index (χ0n) is 11.8. The molecule has 0 aliphatic carbocycles. The SMILES string of the molecule is CNC(Cc1ccc(Br)cc1)c1cc(Cl)cc2c1OCC2. The van der Waals surface area contributed by atoms with Gasteiger partial charge in [0.05, 0.1) is 6.61 Å². The topological polar surface area (TPSA) is 21.3 Å². The quantitative estimate of drug-likeness (QED) is 0.857. The third-order valence-corrected chi connectivity index (χ3v) is 4.60. The van der Waals surface area contributed by atoms with Gasteiger partial charge in [-0.1, -0.05) is 39.7 Å². The van der Waals surface area contributed by atoms with Crippen molar-refractivity contribution in [2.75, 3.05) is 13.7 Å². The molecule has 1 N–H and O–H groups in total. The van der Waals surface area contributed by atoms with Crippen molar-refractivity contribution in [3.8, 4) is 5.75 Å². The van der Waals surface area contributed by atoms with E-state index in [1.54, 1.807) is 0 Å². The fourth-order valence-electron chi connectivity index (χ4n) is 2.78. The maximum atomic E-state index is 6.26. The van der Waals surface area contributed by atoms with E-state index in [-0.39, 0.29) is 6.04 Å². The first-order valence-corrected chi connectivity index (χ1v) is 8.21. The Hall–Kier alpha value is -1.03. The van der Waals surface area contributed by atoms with Crippen molar-refractivity contribution in [2.45, 2.75) is 18.9 Å². The van der Waals surface area contributed by atoms with Crippen LogP contribution in [0.15, 0.2) is 40.9 Å². The van der Waals surface area contributed by atoms with Gasteiger partial charge in [0.25, 0.3) is 0 Å². The molecule has 0 aromatic heterocycles. The van der Waals surface area contributed by atoms with Crippen LogP contribution < -0.4 is 10.1 Å². The van der Waals surface area contributed by atoms with Crippen molar-refractivity contribution < 1.29 is 4.74 Å². The lowest BCUT2D eigenvalue weighted by molar-refractivity contribution is 0.349. The molecule has 0 spiro atoms. The molecule has 1 aliphatic rings. The fraction of sp³-hybridized carbons (Fsp3) is 0.294. The summed E-state index contributed by atoms with van der Waals surface area (Å²) >= 11 is 9.73. The monoisotopic (exact) mass is 365 g/mol. The van der Waals surface area contributed by atoms with Crippen LogP contribution in [0.4, 0.5) is 0 Å². The van der Waals surface area contributed by atoms with Gasteiger partial charge in [0.15, 0.2) is 0 Å². The third kappa shape index (κ3) is 3.25. The van der Waals surface area contributed by atoms with E-state index in [4.69, 9.17) is 16.3 Å². The van der Waals surface area contributed by atoms with Crippen LogP contribution in [0.2, 0.25) is 5.02 Å². The van der Waals surface area contributed by atoms with E-state index >= 15 is 0 Å². The number of ether oxygens (including phenoxy) is 1. The van der Waals surface area contributed by atoms with E-state index < -0.39 is 0 Å². The maximum absolute atomic E-state index is 6.26. The number of rotatable bonds is 4. The second kappa shape index (κ2) is 6.39. The second-order valence-corrected chi connectivity index (χ2v) is 6.61. The molecule has 21 heavy (non-hydrogen) atoms. The lowest BCUT2D eigenvalue weighted by Crippen LogP contribution is -2.19. The summed E-state index contributed by atoms with van der Waals surface area (Å²) in [6.07, 6.45) is 1.84. The molecule has 0 radical (unpaired) electrons. The van der Waals surface area contributed by atoms with E-state index in [0.29, 0.717) is 0 Å². The summed E-state index contributed by atoms with van der Waals surface area (Å²) in [5, 5.41) is 4.17. The van der Waals surface area contributed by atoms with E-state index in [0.717, 1.165) is 40.3 Å². The molecule has 1 aliphatic heterocycles. The second-order valence-electron chi connectivity index (χ2n) is 5.25. The molecular formula is C17H17BrClNO. The van der Waals surface area contributed by atoms with Gasteiger partial charge in [-0.3, -0.25) is 0 Å². The van der Waals surface area contributed by atoms with Crippen LogP contribution in [0.25, 0.3) is 0 Å². The van der Waals surface area contributed by atoms with Gasteiger partial charge in [0.2, 0.25) is 0 Å². The van der Waals surface area contributed by atoms with Crippen molar-refractivity contribution in [2.24, 2.45) is 0 Å². The van der Waals surface area contributed by atoms with E-state index in [2.05, 4.69) is 45.5 Å². The number of likely N-dealkylation sites (N-methyl/N-ethyl adjacent to an activating group) is 1. The third-order valence-electron chi connectivity index (χ3n) is 3.85. The van der Waals surface area contributed by atoms with Gasteiger partial charge in [-0.05, 0) is 48.9 Å². The van der Waals surface area contributed by atoms with Crippen molar-refractivity contribution in [1.29, 1.82) is 0 Å². The summed E-state index contributed by atoms with van der Waals surface area (Å²) in [5.41, 5.74) is 3.65. The summed E-state index contributed by atoms with van der Waals surface area (Å²) in [7, 11) is 1.98. The molecule has 0 saturated carbocycles. The van der Waals surface area contributed by atoms with Gasteiger partial charge in [-0.15, -0.1) is 0 Å². The number of hydrogen-bond donors (Lipinski definition) is 1. The summed E-state index contributed by atoms with van der Waals surface area (Å²) in [6.45, 7) is 0.747. The molecule has 1 atom stereocenters. The minimum absolute atomic E-state index is 0.191. The van der Waals surface area contributed by atoms with Gasteiger partial charge in [0.1, 0.15) is 5.75 Å². The molecule has 1 heterocycles. The summed E-state index contributed by atoms with van der Waals surface area (Å²) in [5.74, 6) is 1.01. The van der Waals surface area contributed by atoms with Crippen molar-refractivity contribution >= 4 is 27.5 Å². The summed E-state index contributed by atoms with van der Waals surface area (Å²) in [6, 6.07) is 12.6. The molecule has 3 rings (SSSR count). The van der Waals surface area contributed by atoms with Gasteiger partial charge in [-0.25, -0.2) is 0 Å². The minimum Gasteiger partial charge on any atom is -0.493 e. The number of nitrogens with one attached hydrogen (secondary N) is 1. The highest BCUT2D eigenvalue weighted by molar-refractivity contribution is 9.10. The molecule has 2 aromatic rings. The van der Waals surface area contributed by atoms with Crippen LogP contribution in [-0.4, -0.2) is 13.7 Å². The van der Waals surface area contributed by atoms with Crippen molar-refractivity contribution in [3.05, 3.63) is 62.6 Å². The smallest absolute Gasteiger partial charge is 0.127 e. The van der Waals surface area contributed by atoms with Gasteiger partial charge in [-0.2, -0.15) is 0 Å². The van der Waals surface area contributed by atoms with Crippen LogP contribution in [0.3, 0.4) is 0 Å². The Labute approximate surface area is 138 Å². The first-order valence-electron chi connectivity index (χ1n) is 7.04. The molecule has 2 aromatic carbocycles. The predicted molar refractivity (Wildman–Crippen MR) is 90.3 cm³/mol. The molecule has 4 heteroatoms. The highest BCUT2D eigenvalue weighted by Crippen LogP contribution is 2.37. The maximum Gasteiger partial charge on any atom is 0.127 e. The van der Waals surface area contributed by atoms with Gasteiger partial charge in [0, 0.05) is 27.5 Å². The molecule has 2 nitrogen and oxygen atoms in total. The molecular weight excluding hydrogens is 350 g/mol. The Balaban J connectivity index is 1.91. The Morgan fingerprint density at radius 3 is 2.76 bits per heavy atom. The van der Waals surface area contributed by atoms with Crippen LogP contribution in [0.1, 0.15) is 22.7 Å². The largest absolute Gasteiger partial charge is 0.493 e. The molecule has 0 amide bonds. The normalized spacial score (nSPS) is 14.6. The first kappa shape index (κ1) is 14.9. The minimum atomic E-state index is 0.191. The fourth-order valence-corrected chi connectivity index (χ4v) is 3.29. The van der Waals surface area contributed by atoms with Crippen molar-refractivity contribution in [3.63, 3.8) is 0 Å². The molecule has 1 unspecified atom stereocenters. The Kier molecular flexibility index (Phi) is 4.53. The van der Waals surface area contributed by atoms with E-state index in [9.17, 15) is 0 Å². The Morgan fingerprint density at radius 2 is 2.05 bits per heavy atom. The van der Waals surface area contributed by atoms with E-state index in [1.807, 2.05) is 19.2 Å². The number of halogens is 2. The van der Waals surface area contributed by atoms with E-state index in [1.165, 1.54) is 11.1 Å². The average Bonchev–Trinajstić information content (AvgIpc) is 2.94. The lowest BCUT2D eigenvalue weighted by atomic mass is 9.96. The molecule has 0 bridgehead atoms. The summed E-state index contributed by atoms with van der Waals surface area (Å²) < 4.78 is 6.91. The Morgan fingerprint density at radius 1 is 1.29 bits per heavy atom. The highest BCUT2D eigenvalue weighted by atomic mass is 79.9. The number of fused-ring (bicyclic) bond motifs is 1. The Bertz CT molecular complexity index is 642. The van der Waals surface area contributed by atoms with Gasteiger partial charge >= 0.3 is 0 Å². The number of benzene rings is 2. The standard InChI is InChI=1S/C17H17BrClNO/c1-20-16(8-11-2-4-13(18)5-3-11)15-10-14(19)9-12-6-7-21-17(12)15/h2-5,9-10,16,20H,6-8H2,1H3. The van der Waals surface area contributed by atoms with Crippen LogP contribution in [0, 0.1) is 0 Å². The van der Waals surface area contributed by atoms with Gasteiger partial charge < -0.3 is 10.1 Å². The predicted octanol–water partition coefficient (Wildman–Crippen LogP) is 4.54. The molecule has 110 valence electrons. The van der Waals surface area contributed by atoms with Crippen LogP contribution >= 0.6 is 27.5 Å². The van der Waals surface area contributed by atoms with Crippen LogP contribution in [-0.2, 0) is 12.8 Å². The zero-order chi connectivity index (χ0) is 14.8. The zero-order valence-corrected chi connectivity index (χ0v) is 14.2. The average molecular weight is 367 g/mol. The first-order chi connectivity index (χ1) is 10.2. The highest BCUT2D eigenvalue weighted by Gasteiger charge is 2.22. The van der Waals surface area contributed by atoms with Crippen LogP contribution in [0.5, 0.6) is 5.75 Å². The molecule has 0 fully saturated rings. The number of hydrogen-bond acceptors (Lipinski definition) is 2. The summed E-state index contributed by atoms with van der Waals surface area (Å²) in [4.78, 5) is 0. The molecule has 0 saturated heterocycles.